The Balaban J connectivity index is 2.05. The van der Waals surface area contributed by atoms with Crippen LogP contribution in [0.25, 0.3) is 0 Å². The van der Waals surface area contributed by atoms with Gasteiger partial charge < -0.3 is 9.64 Å². The molecule has 0 aromatic heterocycles. The van der Waals surface area contributed by atoms with E-state index in [2.05, 4.69) is 30.9 Å². The van der Waals surface area contributed by atoms with Crippen LogP contribution in [0.15, 0.2) is 30.3 Å². The molecule has 0 aliphatic carbocycles. The number of carbonyl (C=O) groups excluding carboxylic acids is 1. The van der Waals surface area contributed by atoms with Crippen LogP contribution in [0.5, 0.6) is 0 Å². The predicted molar refractivity (Wildman–Crippen MR) is 89.7 cm³/mol. The van der Waals surface area contributed by atoms with Crippen LogP contribution in [0.2, 0.25) is 0 Å². The summed E-state index contributed by atoms with van der Waals surface area (Å²) in [6, 6.07) is 10.3. The Bertz CT molecular complexity index is 464. The van der Waals surface area contributed by atoms with E-state index in [1.165, 1.54) is 19.1 Å². The Hall–Kier alpha value is -1.35. The highest BCUT2D eigenvalue weighted by molar-refractivity contribution is 5.77. The molecule has 1 fully saturated rings. The summed E-state index contributed by atoms with van der Waals surface area (Å²) in [5.74, 6) is 0.680. The van der Waals surface area contributed by atoms with Gasteiger partial charge in [0.1, 0.15) is 0 Å². The van der Waals surface area contributed by atoms with Crippen molar-refractivity contribution >= 4 is 5.97 Å². The minimum atomic E-state index is -0.345. The Morgan fingerprint density at radius 3 is 2.45 bits per heavy atom. The van der Waals surface area contributed by atoms with Gasteiger partial charge in [0.05, 0.1) is 12.5 Å². The van der Waals surface area contributed by atoms with Crippen molar-refractivity contribution in [3.63, 3.8) is 0 Å². The van der Waals surface area contributed by atoms with Crippen molar-refractivity contribution < 1.29 is 9.53 Å². The van der Waals surface area contributed by atoms with Crippen LogP contribution in [0.3, 0.4) is 0 Å². The van der Waals surface area contributed by atoms with Gasteiger partial charge >= 0.3 is 5.97 Å². The van der Waals surface area contributed by atoms with Crippen LogP contribution in [-0.4, -0.2) is 37.6 Å². The highest BCUT2D eigenvalue weighted by Crippen LogP contribution is 2.36. The van der Waals surface area contributed by atoms with Crippen molar-refractivity contribution in [3.8, 4) is 0 Å². The van der Waals surface area contributed by atoms with Crippen LogP contribution in [0, 0.1) is 11.3 Å². The highest BCUT2D eigenvalue weighted by atomic mass is 16.5. The number of methoxy groups -OCH3 is 1. The third kappa shape index (κ3) is 4.10. The topological polar surface area (TPSA) is 29.5 Å². The normalized spacial score (nSPS) is 19.6. The van der Waals surface area contributed by atoms with Crippen molar-refractivity contribution in [1.29, 1.82) is 0 Å². The van der Waals surface area contributed by atoms with Gasteiger partial charge in [-0.3, -0.25) is 4.79 Å². The molecule has 1 aromatic rings. The molecular weight excluding hydrogens is 274 g/mol. The van der Waals surface area contributed by atoms with Gasteiger partial charge in [0.15, 0.2) is 0 Å². The molecule has 1 atom stereocenters. The summed E-state index contributed by atoms with van der Waals surface area (Å²) in [5.41, 5.74) is 0.880. The van der Waals surface area contributed by atoms with Gasteiger partial charge in [0, 0.05) is 6.54 Å². The second kappa shape index (κ2) is 7.77. The maximum atomic E-state index is 12.4. The van der Waals surface area contributed by atoms with E-state index in [1.54, 1.807) is 0 Å². The Morgan fingerprint density at radius 1 is 1.27 bits per heavy atom. The zero-order chi connectivity index (χ0) is 16.0. The van der Waals surface area contributed by atoms with E-state index in [9.17, 15) is 4.79 Å². The zero-order valence-electron chi connectivity index (χ0n) is 14.2. The first-order valence-electron chi connectivity index (χ1n) is 8.44. The fourth-order valence-corrected chi connectivity index (χ4v) is 3.39. The van der Waals surface area contributed by atoms with Gasteiger partial charge in [0.2, 0.25) is 0 Å². The molecule has 1 aromatic carbocycles. The van der Waals surface area contributed by atoms with Gasteiger partial charge in [-0.05, 0) is 43.8 Å². The summed E-state index contributed by atoms with van der Waals surface area (Å²) in [6.45, 7) is 7.66. The first-order valence-corrected chi connectivity index (χ1v) is 8.44. The average Bonchev–Trinajstić information content (AvgIpc) is 2.56. The molecule has 0 saturated carbocycles. The number of ether oxygens (including phenoxy) is 1. The molecule has 2 rings (SSSR count). The summed E-state index contributed by atoms with van der Waals surface area (Å²) >= 11 is 0. The molecule has 0 bridgehead atoms. The van der Waals surface area contributed by atoms with Crippen LogP contribution < -0.4 is 0 Å². The van der Waals surface area contributed by atoms with Gasteiger partial charge in [0.25, 0.3) is 0 Å². The Kier molecular flexibility index (Phi) is 6.01. The van der Waals surface area contributed by atoms with Crippen LogP contribution in [-0.2, 0) is 16.0 Å². The van der Waals surface area contributed by atoms with E-state index in [4.69, 9.17) is 4.74 Å². The number of hydrogen-bond acceptors (Lipinski definition) is 3. The van der Waals surface area contributed by atoms with E-state index in [0.717, 1.165) is 44.8 Å². The molecule has 1 heterocycles. The van der Waals surface area contributed by atoms with E-state index in [-0.39, 0.29) is 11.4 Å². The first kappa shape index (κ1) is 17.0. The van der Waals surface area contributed by atoms with Crippen molar-refractivity contribution in [2.24, 2.45) is 11.3 Å². The second-order valence-corrected chi connectivity index (χ2v) is 6.75. The number of likely N-dealkylation sites (tertiary alicyclic amines) is 1. The lowest BCUT2D eigenvalue weighted by molar-refractivity contribution is -0.156. The molecule has 0 radical (unpaired) electrons. The summed E-state index contributed by atoms with van der Waals surface area (Å²) in [7, 11) is 1.51. The van der Waals surface area contributed by atoms with Crippen LogP contribution in [0.1, 0.15) is 38.7 Å². The maximum absolute atomic E-state index is 12.4. The van der Waals surface area contributed by atoms with Crippen molar-refractivity contribution in [2.45, 2.75) is 39.5 Å². The highest BCUT2D eigenvalue weighted by Gasteiger charge is 2.42. The zero-order valence-corrected chi connectivity index (χ0v) is 14.2. The van der Waals surface area contributed by atoms with Crippen LogP contribution >= 0.6 is 0 Å². The number of piperidine rings is 1. The minimum Gasteiger partial charge on any atom is -0.469 e. The van der Waals surface area contributed by atoms with Gasteiger partial charge in [-0.15, -0.1) is 0 Å². The lowest BCUT2D eigenvalue weighted by Gasteiger charge is -2.40. The lowest BCUT2D eigenvalue weighted by atomic mass is 9.73. The average molecular weight is 303 g/mol. The fourth-order valence-electron chi connectivity index (χ4n) is 3.39. The molecule has 1 aliphatic rings. The van der Waals surface area contributed by atoms with Crippen molar-refractivity contribution in [2.75, 3.05) is 26.7 Å². The van der Waals surface area contributed by atoms with Gasteiger partial charge in [-0.2, -0.15) is 0 Å². The molecule has 3 heteroatoms. The number of nitrogens with zero attached hydrogens (tertiary/aromatic N) is 1. The Morgan fingerprint density at radius 2 is 1.91 bits per heavy atom. The molecule has 0 spiro atoms. The maximum Gasteiger partial charge on any atom is 0.312 e. The molecule has 0 amide bonds. The number of hydrogen-bond donors (Lipinski definition) is 0. The first-order chi connectivity index (χ1) is 10.6. The molecule has 22 heavy (non-hydrogen) atoms. The van der Waals surface area contributed by atoms with Crippen molar-refractivity contribution in [1.82, 2.24) is 4.90 Å². The quantitative estimate of drug-likeness (QED) is 0.753. The fraction of sp³-hybridized carbons (Fsp3) is 0.632. The van der Waals surface area contributed by atoms with Crippen molar-refractivity contribution in [3.05, 3.63) is 35.9 Å². The Labute approximate surface area is 134 Å². The van der Waals surface area contributed by atoms with Crippen LogP contribution in [0.4, 0.5) is 0 Å². The van der Waals surface area contributed by atoms with Gasteiger partial charge in [-0.1, -0.05) is 50.6 Å². The summed E-state index contributed by atoms with van der Waals surface area (Å²) in [6.07, 6.45) is 3.79. The lowest BCUT2D eigenvalue weighted by Crippen LogP contribution is -2.47. The monoisotopic (exact) mass is 303 g/mol. The second-order valence-electron chi connectivity index (χ2n) is 6.75. The summed E-state index contributed by atoms with van der Waals surface area (Å²) in [4.78, 5) is 14.9. The number of esters is 1. The molecule has 1 saturated heterocycles. The van der Waals surface area contributed by atoms with Gasteiger partial charge in [-0.25, -0.2) is 0 Å². The number of rotatable bonds is 6. The van der Waals surface area contributed by atoms with E-state index in [1.807, 2.05) is 18.2 Å². The predicted octanol–water partition coefficient (Wildman–Crippen LogP) is 3.53. The number of carbonyl (C=O) groups is 1. The summed E-state index contributed by atoms with van der Waals surface area (Å²) < 4.78 is 5.15. The molecule has 0 N–H and O–H groups in total. The smallest absolute Gasteiger partial charge is 0.312 e. The largest absolute Gasteiger partial charge is 0.469 e. The molecular formula is C19H29NO2. The molecule has 122 valence electrons. The standard InChI is InChI=1S/C19H29NO2/c1-4-16(2)15-20-12-10-19(11-13-20,18(21)22-3)14-17-8-6-5-7-9-17/h5-9,16H,4,10-15H2,1-3H3. The molecule has 1 unspecified atom stereocenters. The SMILES string of the molecule is CCC(C)CN1CCC(Cc2ccccc2)(C(=O)OC)CC1. The van der Waals surface area contributed by atoms with E-state index in [0.29, 0.717) is 0 Å². The third-order valence-corrected chi connectivity index (χ3v) is 5.08. The summed E-state index contributed by atoms with van der Waals surface area (Å²) in [5, 5.41) is 0. The molecule has 3 nitrogen and oxygen atoms in total. The number of benzene rings is 1. The van der Waals surface area contributed by atoms with E-state index < -0.39 is 0 Å². The third-order valence-electron chi connectivity index (χ3n) is 5.08. The van der Waals surface area contributed by atoms with E-state index >= 15 is 0 Å². The minimum absolute atomic E-state index is 0.0421. The molecule has 1 aliphatic heterocycles.